The number of benzene rings is 2. The van der Waals surface area contributed by atoms with Gasteiger partial charge in [-0.25, -0.2) is 14.4 Å². The van der Waals surface area contributed by atoms with E-state index >= 15 is 0 Å². The third kappa shape index (κ3) is 4.58. The Balaban J connectivity index is 1.39. The fourth-order valence-corrected chi connectivity index (χ4v) is 4.86. The lowest BCUT2D eigenvalue weighted by Gasteiger charge is -2.34. The first kappa shape index (κ1) is 21.5. The maximum Gasteiger partial charge on any atom is 0.274 e. The van der Waals surface area contributed by atoms with Gasteiger partial charge in [0.15, 0.2) is 5.89 Å². The molecule has 4 aromatic rings. The van der Waals surface area contributed by atoms with E-state index in [1.165, 1.54) is 23.5 Å². The Hall–Kier alpha value is -3.36. The Morgan fingerprint density at radius 3 is 2.70 bits per heavy atom. The fraction of sp³-hybridized carbons (Fsp3) is 0.240. The van der Waals surface area contributed by atoms with Crippen LogP contribution < -0.4 is 0 Å². The van der Waals surface area contributed by atoms with Gasteiger partial charge in [0.05, 0.1) is 29.1 Å². The molecular weight excluding hydrogens is 441 g/mol. The highest BCUT2D eigenvalue weighted by Crippen LogP contribution is 2.32. The Morgan fingerprint density at radius 2 is 1.91 bits per heavy atom. The molecule has 1 fully saturated rings. The van der Waals surface area contributed by atoms with Crippen LogP contribution in [-0.2, 0) is 11.2 Å². The fourth-order valence-electron chi connectivity index (χ4n) is 3.94. The van der Waals surface area contributed by atoms with E-state index in [1.54, 1.807) is 23.3 Å². The molecule has 2 aromatic carbocycles. The Bertz CT molecular complexity index is 1250. The van der Waals surface area contributed by atoms with Gasteiger partial charge in [-0.05, 0) is 24.6 Å². The molecule has 0 radical (unpaired) electrons. The van der Waals surface area contributed by atoms with Crippen LogP contribution >= 0.6 is 11.3 Å². The van der Waals surface area contributed by atoms with Gasteiger partial charge in [0, 0.05) is 18.5 Å². The SMILES string of the molecule is Cc1nc(C(=O)N2CCOC[C@@H]2Cc2nc(-c3ccccc3)co2)c(-c2ccc(F)cc2)s1. The summed E-state index contributed by atoms with van der Waals surface area (Å²) in [6.07, 6.45) is 2.07. The molecule has 0 N–H and O–H groups in total. The first-order valence-corrected chi connectivity index (χ1v) is 11.5. The van der Waals surface area contributed by atoms with Gasteiger partial charge in [-0.1, -0.05) is 42.5 Å². The number of halogens is 1. The first-order chi connectivity index (χ1) is 16.1. The van der Waals surface area contributed by atoms with Gasteiger partial charge in [0.25, 0.3) is 5.91 Å². The second-order valence-electron chi connectivity index (χ2n) is 7.84. The average molecular weight is 464 g/mol. The summed E-state index contributed by atoms with van der Waals surface area (Å²) >= 11 is 1.43. The molecule has 33 heavy (non-hydrogen) atoms. The van der Waals surface area contributed by atoms with Gasteiger partial charge < -0.3 is 14.1 Å². The molecule has 1 aliphatic rings. The van der Waals surface area contributed by atoms with E-state index < -0.39 is 0 Å². The minimum absolute atomic E-state index is 0.165. The van der Waals surface area contributed by atoms with Gasteiger partial charge in [0.1, 0.15) is 23.5 Å². The Labute approximate surface area is 194 Å². The zero-order valence-electron chi connectivity index (χ0n) is 18.0. The van der Waals surface area contributed by atoms with Crippen LogP contribution in [0, 0.1) is 12.7 Å². The highest BCUT2D eigenvalue weighted by atomic mass is 32.1. The van der Waals surface area contributed by atoms with E-state index in [2.05, 4.69) is 9.97 Å². The molecule has 2 aromatic heterocycles. The van der Waals surface area contributed by atoms with E-state index in [4.69, 9.17) is 9.15 Å². The molecule has 3 heterocycles. The molecule has 1 saturated heterocycles. The number of hydrogen-bond donors (Lipinski definition) is 0. The van der Waals surface area contributed by atoms with Crippen LogP contribution in [0.3, 0.4) is 0 Å². The molecule has 0 unspecified atom stereocenters. The number of nitrogens with zero attached hydrogens (tertiary/aromatic N) is 3. The van der Waals surface area contributed by atoms with Gasteiger partial charge >= 0.3 is 0 Å². The number of oxazole rings is 1. The van der Waals surface area contributed by atoms with Crippen molar-refractivity contribution in [1.29, 1.82) is 0 Å². The van der Waals surface area contributed by atoms with Crippen molar-refractivity contribution in [3.63, 3.8) is 0 Å². The molecule has 1 atom stereocenters. The number of ether oxygens (including phenoxy) is 1. The standard InChI is InChI=1S/C25H22FN3O3S/c1-16-27-23(24(33-16)18-7-9-19(26)10-8-18)25(30)29-11-12-31-14-20(29)13-22-28-21(15-32-22)17-5-3-2-4-6-17/h2-10,15,20H,11-14H2,1H3/t20-/m0/s1. The zero-order valence-corrected chi connectivity index (χ0v) is 18.8. The normalized spacial score (nSPS) is 16.2. The number of morpholine rings is 1. The average Bonchev–Trinajstić information content (AvgIpc) is 3.47. The Kier molecular flexibility index (Phi) is 6.02. The maximum absolute atomic E-state index is 13.6. The van der Waals surface area contributed by atoms with Crippen molar-refractivity contribution < 1.29 is 18.3 Å². The van der Waals surface area contributed by atoms with Crippen molar-refractivity contribution in [3.05, 3.63) is 83.3 Å². The van der Waals surface area contributed by atoms with E-state index in [0.717, 1.165) is 26.7 Å². The number of rotatable bonds is 5. The van der Waals surface area contributed by atoms with Crippen molar-refractivity contribution in [2.45, 2.75) is 19.4 Å². The number of aromatic nitrogens is 2. The highest BCUT2D eigenvalue weighted by molar-refractivity contribution is 7.15. The number of carbonyl (C=O) groups is 1. The molecule has 0 aliphatic carbocycles. The van der Waals surface area contributed by atoms with Crippen LogP contribution in [0.15, 0.2) is 65.3 Å². The quantitative estimate of drug-likeness (QED) is 0.417. The van der Waals surface area contributed by atoms with Crippen LogP contribution in [0.5, 0.6) is 0 Å². The second-order valence-corrected chi connectivity index (χ2v) is 9.04. The molecule has 168 valence electrons. The lowest BCUT2D eigenvalue weighted by Crippen LogP contribution is -2.50. The van der Waals surface area contributed by atoms with Crippen LogP contribution in [0.25, 0.3) is 21.7 Å². The smallest absolute Gasteiger partial charge is 0.274 e. The van der Waals surface area contributed by atoms with E-state index in [1.807, 2.05) is 37.3 Å². The number of amides is 1. The minimum Gasteiger partial charge on any atom is -0.448 e. The van der Waals surface area contributed by atoms with E-state index in [0.29, 0.717) is 37.8 Å². The topological polar surface area (TPSA) is 68.5 Å². The van der Waals surface area contributed by atoms with E-state index in [9.17, 15) is 9.18 Å². The summed E-state index contributed by atoms with van der Waals surface area (Å²) in [6, 6.07) is 15.7. The molecule has 6 nitrogen and oxygen atoms in total. The van der Waals surface area contributed by atoms with Gasteiger partial charge in [0.2, 0.25) is 0 Å². The molecule has 0 spiro atoms. The third-order valence-corrected chi connectivity index (χ3v) is 6.58. The van der Waals surface area contributed by atoms with Crippen molar-refractivity contribution in [3.8, 4) is 21.7 Å². The largest absolute Gasteiger partial charge is 0.448 e. The number of aryl methyl sites for hydroxylation is 1. The maximum atomic E-state index is 13.6. The summed E-state index contributed by atoms with van der Waals surface area (Å²) < 4.78 is 24.8. The number of thiazole rings is 1. The second kappa shape index (κ2) is 9.25. The summed E-state index contributed by atoms with van der Waals surface area (Å²) in [5, 5.41) is 0.780. The molecule has 5 rings (SSSR count). The summed E-state index contributed by atoms with van der Waals surface area (Å²) in [4.78, 5) is 25.3. The predicted molar refractivity (Wildman–Crippen MR) is 124 cm³/mol. The third-order valence-electron chi connectivity index (χ3n) is 5.56. The van der Waals surface area contributed by atoms with Gasteiger partial charge in [-0.15, -0.1) is 11.3 Å². The number of hydrogen-bond acceptors (Lipinski definition) is 6. The van der Waals surface area contributed by atoms with Crippen molar-refractivity contribution in [2.24, 2.45) is 0 Å². The van der Waals surface area contributed by atoms with Crippen molar-refractivity contribution in [1.82, 2.24) is 14.9 Å². The molecule has 1 amide bonds. The highest BCUT2D eigenvalue weighted by Gasteiger charge is 2.32. The predicted octanol–water partition coefficient (Wildman–Crippen LogP) is 5.00. The van der Waals surface area contributed by atoms with Crippen LogP contribution in [-0.4, -0.2) is 46.6 Å². The zero-order chi connectivity index (χ0) is 22.8. The van der Waals surface area contributed by atoms with Crippen molar-refractivity contribution in [2.75, 3.05) is 19.8 Å². The molecule has 8 heteroatoms. The number of carbonyl (C=O) groups excluding carboxylic acids is 1. The summed E-state index contributed by atoms with van der Waals surface area (Å²) in [6.45, 7) is 3.17. The molecule has 0 saturated carbocycles. The molecule has 1 aliphatic heterocycles. The van der Waals surface area contributed by atoms with Crippen molar-refractivity contribution >= 4 is 17.2 Å². The van der Waals surface area contributed by atoms with Crippen LogP contribution in [0.4, 0.5) is 4.39 Å². The first-order valence-electron chi connectivity index (χ1n) is 10.7. The van der Waals surface area contributed by atoms with E-state index in [-0.39, 0.29) is 17.8 Å². The van der Waals surface area contributed by atoms with Crippen LogP contribution in [0.1, 0.15) is 21.4 Å². The Morgan fingerprint density at radius 1 is 1.12 bits per heavy atom. The summed E-state index contributed by atoms with van der Waals surface area (Å²) in [5.74, 6) is 0.0686. The molecular formula is C25H22FN3O3S. The van der Waals surface area contributed by atoms with Gasteiger partial charge in [-0.2, -0.15) is 0 Å². The lowest BCUT2D eigenvalue weighted by molar-refractivity contribution is -0.00345. The van der Waals surface area contributed by atoms with Crippen LogP contribution in [0.2, 0.25) is 0 Å². The molecule has 0 bridgehead atoms. The van der Waals surface area contributed by atoms with Gasteiger partial charge in [-0.3, -0.25) is 4.79 Å². The summed E-state index contributed by atoms with van der Waals surface area (Å²) in [7, 11) is 0. The summed E-state index contributed by atoms with van der Waals surface area (Å²) in [5.41, 5.74) is 2.89. The lowest BCUT2D eigenvalue weighted by atomic mass is 10.1. The monoisotopic (exact) mass is 463 g/mol. The minimum atomic E-state index is -0.318.